The van der Waals surface area contributed by atoms with E-state index in [0.717, 1.165) is 17.7 Å². The molecule has 3 aromatic carbocycles. The second-order valence-corrected chi connectivity index (χ2v) is 5.87. The molecule has 3 rings (SSSR count). The number of ether oxygens (including phenoxy) is 1. The molecule has 0 radical (unpaired) electrons. The lowest BCUT2D eigenvalue weighted by atomic mass is 9.97. The maximum atomic E-state index is 11.6. The molecule has 0 fully saturated rings. The quantitative estimate of drug-likeness (QED) is 0.655. The second kappa shape index (κ2) is 8.15. The van der Waals surface area contributed by atoms with Crippen molar-refractivity contribution in [1.29, 1.82) is 0 Å². The molecule has 3 heteroatoms. The third-order valence-corrected chi connectivity index (χ3v) is 4.13. The Kier molecular flexibility index (Phi) is 5.47. The van der Waals surface area contributed by atoms with Crippen LogP contribution in [0.15, 0.2) is 84.9 Å². The summed E-state index contributed by atoms with van der Waals surface area (Å²) < 4.78 is 4.77. The molecule has 0 aliphatic carbocycles. The number of para-hydroxylation sites is 1. The number of esters is 1. The van der Waals surface area contributed by atoms with Gasteiger partial charge in [0.25, 0.3) is 0 Å². The zero-order valence-corrected chi connectivity index (χ0v) is 14.2. The van der Waals surface area contributed by atoms with Crippen molar-refractivity contribution in [3.63, 3.8) is 0 Å². The van der Waals surface area contributed by atoms with Gasteiger partial charge < -0.3 is 10.1 Å². The molecule has 126 valence electrons. The van der Waals surface area contributed by atoms with Gasteiger partial charge in [0.05, 0.1) is 18.7 Å². The van der Waals surface area contributed by atoms with Crippen molar-refractivity contribution in [3.8, 4) is 0 Å². The van der Waals surface area contributed by atoms with Crippen LogP contribution in [0.3, 0.4) is 0 Å². The molecule has 0 aromatic heterocycles. The molecule has 0 unspecified atom stereocenters. The van der Waals surface area contributed by atoms with Crippen molar-refractivity contribution in [2.75, 3.05) is 12.4 Å². The van der Waals surface area contributed by atoms with Crippen molar-refractivity contribution < 1.29 is 9.53 Å². The Hall–Kier alpha value is -3.07. The summed E-state index contributed by atoms with van der Waals surface area (Å²) in [4.78, 5) is 11.6. The lowest BCUT2D eigenvalue weighted by Gasteiger charge is -2.21. The standard InChI is InChI=1S/C22H21NO2/c1-25-22(24)19-14-12-18(13-15-19)21(16-17-8-4-2-5-9-17)23-20-10-6-3-7-11-20/h2-15,21,23H,16H2,1H3/t21-/m1/s1. The first kappa shape index (κ1) is 16.8. The van der Waals surface area contributed by atoms with Crippen LogP contribution in [0.1, 0.15) is 27.5 Å². The highest BCUT2D eigenvalue weighted by atomic mass is 16.5. The van der Waals surface area contributed by atoms with Crippen molar-refractivity contribution in [2.24, 2.45) is 0 Å². The van der Waals surface area contributed by atoms with Gasteiger partial charge in [-0.25, -0.2) is 4.79 Å². The lowest BCUT2D eigenvalue weighted by Crippen LogP contribution is -2.14. The number of methoxy groups -OCH3 is 1. The third-order valence-electron chi connectivity index (χ3n) is 4.13. The molecule has 1 N–H and O–H groups in total. The van der Waals surface area contributed by atoms with E-state index >= 15 is 0 Å². The summed E-state index contributed by atoms with van der Waals surface area (Å²) in [6.07, 6.45) is 0.854. The van der Waals surface area contributed by atoms with Gasteiger partial charge in [0.1, 0.15) is 0 Å². The van der Waals surface area contributed by atoms with Crippen molar-refractivity contribution in [1.82, 2.24) is 0 Å². The minimum Gasteiger partial charge on any atom is -0.465 e. The van der Waals surface area contributed by atoms with E-state index in [4.69, 9.17) is 4.74 Å². The summed E-state index contributed by atoms with van der Waals surface area (Å²) in [5, 5.41) is 3.59. The molecule has 0 aliphatic heterocycles. The molecule has 3 aromatic rings. The van der Waals surface area contributed by atoms with Crippen LogP contribution in [0.4, 0.5) is 5.69 Å². The molecular formula is C22H21NO2. The number of nitrogens with one attached hydrogen (secondary N) is 1. The largest absolute Gasteiger partial charge is 0.465 e. The molecule has 0 spiro atoms. The Balaban J connectivity index is 1.86. The first-order chi connectivity index (χ1) is 12.3. The maximum Gasteiger partial charge on any atom is 0.337 e. The summed E-state index contributed by atoms with van der Waals surface area (Å²) in [5.74, 6) is -0.317. The monoisotopic (exact) mass is 331 g/mol. The van der Waals surface area contributed by atoms with Crippen LogP contribution in [0, 0.1) is 0 Å². The molecule has 0 saturated heterocycles. The third kappa shape index (κ3) is 4.48. The zero-order chi connectivity index (χ0) is 17.5. The molecule has 0 bridgehead atoms. The molecule has 1 atom stereocenters. The molecule has 25 heavy (non-hydrogen) atoms. The van der Waals surface area contributed by atoms with Crippen LogP contribution in [0.5, 0.6) is 0 Å². The molecule has 0 amide bonds. The zero-order valence-electron chi connectivity index (χ0n) is 14.2. The van der Waals surface area contributed by atoms with Crippen LogP contribution in [0.2, 0.25) is 0 Å². The number of rotatable bonds is 6. The summed E-state index contributed by atoms with van der Waals surface area (Å²) >= 11 is 0. The Morgan fingerprint density at radius 3 is 2.08 bits per heavy atom. The van der Waals surface area contributed by atoms with Gasteiger partial charge in [-0.15, -0.1) is 0 Å². The smallest absolute Gasteiger partial charge is 0.337 e. The van der Waals surface area contributed by atoms with Crippen molar-refractivity contribution in [3.05, 3.63) is 102 Å². The van der Waals surface area contributed by atoms with Gasteiger partial charge in [-0.1, -0.05) is 60.7 Å². The van der Waals surface area contributed by atoms with Gasteiger partial charge in [0, 0.05) is 5.69 Å². The summed E-state index contributed by atoms with van der Waals surface area (Å²) in [6.45, 7) is 0. The minimum atomic E-state index is -0.317. The fourth-order valence-corrected chi connectivity index (χ4v) is 2.81. The number of benzene rings is 3. The van der Waals surface area contributed by atoms with E-state index in [2.05, 4.69) is 41.7 Å². The normalized spacial score (nSPS) is 11.6. The van der Waals surface area contributed by atoms with E-state index < -0.39 is 0 Å². The van der Waals surface area contributed by atoms with Gasteiger partial charge in [-0.05, 0) is 41.8 Å². The second-order valence-electron chi connectivity index (χ2n) is 5.87. The molecular weight excluding hydrogens is 310 g/mol. The average Bonchev–Trinajstić information content (AvgIpc) is 2.68. The average molecular weight is 331 g/mol. The molecule has 3 nitrogen and oxygen atoms in total. The Morgan fingerprint density at radius 2 is 1.48 bits per heavy atom. The van der Waals surface area contributed by atoms with Crippen LogP contribution < -0.4 is 5.32 Å². The van der Waals surface area contributed by atoms with Gasteiger partial charge in [0.2, 0.25) is 0 Å². The molecule has 0 saturated carbocycles. The predicted molar refractivity (Wildman–Crippen MR) is 101 cm³/mol. The molecule has 0 aliphatic rings. The van der Waals surface area contributed by atoms with Gasteiger partial charge in [0.15, 0.2) is 0 Å². The number of carbonyl (C=O) groups is 1. The van der Waals surface area contributed by atoms with E-state index in [1.165, 1.54) is 12.7 Å². The van der Waals surface area contributed by atoms with Gasteiger partial charge in [-0.2, -0.15) is 0 Å². The van der Waals surface area contributed by atoms with Crippen molar-refractivity contribution >= 4 is 11.7 Å². The van der Waals surface area contributed by atoms with Crippen LogP contribution in [0.25, 0.3) is 0 Å². The lowest BCUT2D eigenvalue weighted by molar-refractivity contribution is 0.0600. The van der Waals surface area contributed by atoms with Gasteiger partial charge in [-0.3, -0.25) is 0 Å². The Bertz CT molecular complexity index is 757. The van der Waals surface area contributed by atoms with Crippen LogP contribution in [-0.2, 0) is 11.2 Å². The van der Waals surface area contributed by atoms with E-state index in [-0.39, 0.29) is 12.0 Å². The van der Waals surface area contributed by atoms with Crippen molar-refractivity contribution in [2.45, 2.75) is 12.5 Å². The first-order valence-corrected chi connectivity index (χ1v) is 8.30. The van der Waals surface area contributed by atoms with Crippen LogP contribution in [-0.4, -0.2) is 13.1 Å². The topological polar surface area (TPSA) is 38.3 Å². The SMILES string of the molecule is COC(=O)c1ccc([C@@H](Cc2ccccc2)Nc2ccccc2)cc1. The first-order valence-electron chi connectivity index (χ1n) is 8.30. The summed E-state index contributed by atoms with van der Waals surface area (Å²) in [5.41, 5.74) is 4.01. The Morgan fingerprint density at radius 1 is 0.880 bits per heavy atom. The highest BCUT2D eigenvalue weighted by Crippen LogP contribution is 2.24. The highest BCUT2D eigenvalue weighted by molar-refractivity contribution is 5.89. The maximum absolute atomic E-state index is 11.6. The van der Waals surface area contributed by atoms with E-state index in [1.807, 2.05) is 48.5 Å². The van der Waals surface area contributed by atoms with E-state index in [9.17, 15) is 4.79 Å². The predicted octanol–water partition coefficient (Wildman–Crippen LogP) is 4.87. The van der Waals surface area contributed by atoms with Gasteiger partial charge >= 0.3 is 5.97 Å². The number of hydrogen-bond donors (Lipinski definition) is 1. The summed E-state index contributed by atoms with van der Waals surface area (Å²) in [7, 11) is 1.39. The number of carbonyl (C=O) groups excluding carboxylic acids is 1. The number of hydrogen-bond acceptors (Lipinski definition) is 3. The highest BCUT2D eigenvalue weighted by Gasteiger charge is 2.14. The number of anilines is 1. The fraction of sp³-hybridized carbons (Fsp3) is 0.136. The van der Waals surface area contributed by atoms with E-state index in [0.29, 0.717) is 5.56 Å². The Labute approximate surface area is 148 Å². The summed E-state index contributed by atoms with van der Waals surface area (Å²) in [6, 6.07) is 28.2. The van der Waals surface area contributed by atoms with Crippen LogP contribution >= 0.6 is 0 Å². The molecule has 0 heterocycles. The fourth-order valence-electron chi connectivity index (χ4n) is 2.81. The minimum absolute atomic E-state index is 0.108. The van der Waals surface area contributed by atoms with E-state index in [1.54, 1.807) is 0 Å².